The van der Waals surface area contributed by atoms with Crippen molar-refractivity contribution in [2.24, 2.45) is 11.3 Å². The number of amides is 1. The van der Waals surface area contributed by atoms with Crippen LogP contribution in [0.4, 0.5) is 0 Å². The van der Waals surface area contributed by atoms with Crippen molar-refractivity contribution in [1.82, 2.24) is 10.6 Å². The minimum absolute atomic E-state index is 0. The highest BCUT2D eigenvalue weighted by Gasteiger charge is 2.39. The Morgan fingerprint density at radius 2 is 1.96 bits per heavy atom. The van der Waals surface area contributed by atoms with E-state index in [1.165, 1.54) is 25.7 Å². The SMILES string of the molecule is CCOC(CCNC(=O)C1(COC)CCNCC1)C1CCCC1.Cl. The fourth-order valence-electron chi connectivity index (χ4n) is 4.13. The Kier molecular flexibility index (Phi) is 10.2. The minimum atomic E-state index is -0.353. The van der Waals surface area contributed by atoms with Crippen molar-refractivity contribution in [2.45, 2.75) is 58.0 Å². The first-order valence-electron chi connectivity index (χ1n) is 9.31. The summed E-state index contributed by atoms with van der Waals surface area (Å²) in [7, 11) is 1.68. The standard InChI is InChI=1S/C18H34N2O3.ClH/c1-3-23-16(15-6-4-5-7-15)8-11-20-17(21)18(14-22-2)9-12-19-13-10-18;/h15-16,19H,3-14H2,1-2H3,(H,20,21);1H. The van der Waals surface area contributed by atoms with Crippen molar-refractivity contribution < 1.29 is 14.3 Å². The van der Waals surface area contributed by atoms with E-state index in [1.54, 1.807) is 7.11 Å². The van der Waals surface area contributed by atoms with E-state index < -0.39 is 0 Å². The maximum Gasteiger partial charge on any atom is 0.228 e. The zero-order valence-corrected chi connectivity index (χ0v) is 16.1. The van der Waals surface area contributed by atoms with Crippen LogP contribution in [0.25, 0.3) is 0 Å². The van der Waals surface area contributed by atoms with Crippen LogP contribution in [0.5, 0.6) is 0 Å². The lowest BCUT2D eigenvalue weighted by molar-refractivity contribution is -0.136. The number of piperidine rings is 1. The first-order valence-corrected chi connectivity index (χ1v) is 9.31. The first kappa shape index (κ1) is 21.7. The van der Waals surface area contributed by atoms with Crippen LogP contribution in [-0.2, 0) is 14.3 Å². The van der Waals surface area contributed by atoms with E-state index in [0.29, 0.717) is 25.2 Å². The van der Waals surface area contributed by atoms with Gasteiger partial charge in [0.1, 0.15) is 0 Å². The molecule has 1 atom stereocenters. The smallest absolute Gasteiger partial charge is 0.228 e. The second kappa shape index (κ2) is 11.3. The summed E-state index contributed by atoms with van der Waals surface area (Å²) in [6.07, 6.45) is 8.12. The quantitative estimate of drug-likeness (QED) is 0.661. The lowest BCUT2D eigenvalue weighted by Gasteiger charge is -2.35. The van der Waals surface area contributed by atoms with Gasteiger partial charge in [0.15, 0.2) is 0 Å². The van der Waals surface area contributed by atoms with Gasteiger partial charge in [-0.05, 0) is 58.0 Å². The predicted octanol–water partition coefficient (Wildman–Crippen LogP) is 2.53. The van der Waals surface area contributed by atoms with Crippen LogP contribution in [0.3, 0.4) is 0 Å². The molecule has 1 aliphatic heterocycles. The van der Waals surface area contributed by atoms with Gasteiger partial charge in [0, 0.05) is 20.3 Å². The molecular formula is C18H35ClN2O3. The molecule has 0 spiro atoms. The number of carbonyl (C=O) groups is 1. The minimum Gasteiger partial charge on any atom is -0.384 e. The Morgan fingerprint density at radius 1 is 1.29 bits per heavy atom. The largest absolute Gasteiger partial charge is 0.384 e. The number of nitrogens with one attached hydrogen (secondary N) is 2. The zero-order valence-electron chi connectivity index (χ0n) is 15.3. The molecule has 142 valence electrons. The van der Waals surface area contributed by atoms with E-state index in [0.717, 1.165) is 39.0 Å². The van der Waals surface area contributed by atoms with Crippen LogP contribution in [0.1, 0.15) is 51.9 Å². The third-order valence-corrected chi connectivity index (χ3v) is 5.48. The second-order valence-electron chi connectivity index (χ2n) is 7.05. The van der Waals surface area contributed by atoms with Gasteiger partial charge in [0.2, 0.25) is 5.91 Å². The summed E-state index contributed by atoms with van der Waals surface area (Å²) < 4.78 is 11.3. The molecule has 2 rings (SSSR count). The molecule has 1 amide bonds. The molecule has 24 heavy (non-hydrogen) atoms. The van der Waals surface area contributed by atoms with Crippen LogP contribution in [0.2, 0.25) is 0 Å². The normalized spacial score (nSPS) is 21.9. The Hall–Kier alpha value is -0.360. The Bertz CT molecular complexity index is 351. The molecule has 0 aromatic carbocycles. The maximum atomic E-state index is 12.7. The van der Waals surface area contributed by atoms with Gasteiger partial charge >= 0.3 is 0 Å². The number of methoxy groups -OCH3 is 1. The average molecular weight is 363 g/mol. The third kappa shape index (κ3) is 5.87. The van der Waals surface area contributed by atoms with Crippen LogP contribution in [0.15, 0.2) is 0 Å². The van der Waals surface area contributed by atoms with Gasteiger partial charge in [-0.25, -0.2) is 0 Å². The van der Waals surface area contributed by atoms with Gasteiger partial charge in [-0.15, -0.1) is 12.4 Å². The fraction of sp³-hybridized carbons (Fsp3) is 0.944. The van der Waals surface area contributed by atoms with E-state index in [2.05, 4.69) is 17.6 Å². The van der Waals surface area contributed by atoms with Gasteiger partial charge in [0.05, 0.1) is 18.1 Å². The highest BCUT2D eigenvalue weighted by atomic mass is 35.5. The molecule has 0 aromatic heterocycles. The number of hydrogen-bond acceptors (Lipinski definition) is 4. The molecule has 2 fully saturated rings. The Morgan fingerprint density at radius 3 is 2.54 bits per heavy atom. The molecule has 0 aromatic rings. The molecule has 2 aliphatic rings. The summed E-state index contributed by atoms with van der Waals surface area (Å²) in [5, 5.41) is 6.49. The first-order chi connectivity index (χ1) is 11.2. The van der Waals surface area contributed by atoms with Gasteiger partial charge in [0.25, 0.3) is 0 Å². The molecule has 6 heteroatoms. The van der Waals surface area contributed by atoms with E-state index in [-0.39, 0.29) is 23.7 Å². The maximum absolute atomic E-state index is 12.7. The highest BCUT2D eigenvalue weighted by molar-refractivity contribution is 5.85. The highest BCUT2D eigenvalue weighted by Crippen LogP contribution is 2.31. The lowest BCUT2D eigenvalue weighted by Crippen LogP contribution is -2.50. The molecule has 1 heterocycles. The number of rotatable bonds is 9. The number of carbonyl (C=O) groups excluding carboxylic acids is 1. The molecule has 5 nitrogen and oxygen atoms in total. The van der Waals surface area contributed by atoms with E-state index in [9.17, 15) is 4.79 Å². The molecule has 0 bridgehead atoms. The van der Waals surface area contributed by atoms with Crippen molar-refractivity contribution in [3.8, 4) is 0 Å². The van der Waals surface area contributed by atoms with Crippen LogP contribution < -0.4 is 10.6 Å². The second-order valence-corrected chi connectivity index (χ2v) is 7.05. The summed E-state index contributed by atoms with van der Waals surface area (Å²) >= 11 is 0. The summed E-state index contributed by atoms with van der Waals surface area (Å²) in [5.41, 5.74) is -0.353. The monoisotopic (exact) mass is 362 g/mol. The third-order valence-electron chi connectivity index (χ3n) is 5.48. The van der Waals surface area contributed by atoms with E-state index in [1.807, 2.05) is 0 Å². The van der Waals surface area contributed by atoms with Gasteiger partial charge in [-0.3, -0.25) is 4.79 Å². The van der Waals surface area contributed by atoms with E-state index >= 15 is 0 Å². The van der Waals surface area contributed by atoms with Crippen molar-refractivity contribution in [3.05, 3.63) is 0 Å². The van der Waals surface area contributed by atoms with Crippen molar-refractivity contribution in [3.63, 3.8) is 0 Å². The topological polar surface area (TPSA) is 59.6 Å². The lowest BCUT2D eigenvalue weighted by atomic mass is 9.78. The molecule has 1 unspecified atom stereocenters. The molecule has 2 N–H and O–H groups in total. The molecule has 1 aliphatic carbocycles. The van der Waals surface area contributed by atoms with Crippen LogP contribution >= 0.6 is 12.4 Å². The predicted molar refractivity (Wildman–Crippen MR) is 98.7 cm³/mol. The fourth-order valence-corrected chi connectivity index (χ4v) is 4.13. The van der Waals surface area contributed by atoms with E-state index in [4.69, 9.17) is 9.47 Å². The summed E-state index contributed by atoms with van der Waals surface area (Å²) in [6, 6.07) is 0. The van der Waals surface area contributed by atoms with Crippen LogP contribution in [-0.4, -0.2) is 52.0 Å². The number of halogens is 1. The molecular weight excluding hydrogens is 328 g/mol. The molecule has 1 saturated carbocycles. The molecule has 0 radical (unpaired) electrons. The zero-order chi connectivity index (χ0) is 16.5. The van der Waals surface area contributed by atoms with Crippen molar-refractivity contribution >= 4 is 18.3 Å². The number of ether oxygens (including phenoxy) is 2. The summed E-state index contributed by atoms with van der Waals surface area (Å²) in [5.74, 6) is 0.834. The van der Waals surface area contributed by atoms with Crippen molar-refractivity contribution in [1.29, 1.82) is 0 Å². The van der Waals surface area contributed by atoms with Gasteiger partial charge in [-0.1, -0.05) is 12.8 Å². The average Bonchev–Trinajstić information content (AvgIpc) is 3.09. The Labute approximate surface area is 153 Å². The van der Waals surface area contributed by atoms with Crippen molar-refractivity contribution in [2.75, 3.05) is 40.0 Å². The van der Waals surface area contributed by atoms with Gasteiger partial charge in [-0.2, -0.15) is 0 Å². The van der Waals surface area contributed by atoms with Gasteiger partial charge < -0.3 is 20.1 Å². The molecule has 1 saturated heterocycles. The van der Waals surface area contributed by atoms with Crippen LogP contribution in [0, 0.1) is 11.3 Å². The number of hydrogen-bond donors (Lipinski definition) is 2. The summed E-state index contributed by atoms with van der Waals surface area (Å²) in [4.78, 5) is 12.7. The summed E-state index contributed by atoms with van der Waals surface area (Å²) in [6.45, 7) is 5.81. The Balaban J connectivity index is 0.00000288.